The topological polar surface area (TPSA) is 88.8 Å². The van der Waals surface area contributed by atoms with Crippen LogP contribution < -0.4 is 4.90 Å². The fourth-order valence-corrected chi connectivity index (χ4v) is 3.79. The summed E-state index contributed by atoms with van der Waals surface area (Å²) in [6, 6.07) is 4.08. The van der Waals surface area contributed by atoms with Crippen molar-refractivity contribution in [3.8, 4) is 0 Å². The Morgan fingerprint density at radius 1 is 1.30 bits per heavy atom. The molecule has 3 heterocycles. The SMILES string of the molecule is CCC(CC)N(CCOC)C(=O)C1CCN(c2ccc3nnnn3n2)CC1. The molecule has 0 unspecified atom stereocenters. The number of methoxy groups -OCH3 is 1. The molecular weight excluding hydrogens is 346 g/mol. The molecule has 0 bridgehead atoms. The van der Waals surface area contributed by atoms with E-state index in [4.69, 9.17) is 4.74 Å². The Morgan fingerprint density at radius 2 is 2.04 bits per heavy atom. The van der Waals surface area contributed by atoms with Gasteiger partial charge >= 0.3 is 0 Å². The van der Waals surface area contributed by atoms with Gasteiger partial charge in [0.15, 0.2) is 11.5 Å². The minimum absolute atomic E-state index is 0.0653. The summed E-state index contributed by atoms with van der Waals surface area (Å²) in [5, 5.41) is 15.8. The Hall–Kier alpha value is -2.29. The number of fused-ring (bicyclic) bond motifs is 1. The van der Waals surface area contributed by atoms with Crippen molar-refractivity contribution >= 4 is 17.4 Å². The van der Waals surface area contributed by atoms with E-state index in [0.29, 0.717) is 18.8 Å². The van der Waals surface area contributed by atoms with Crippen molar-refractivity contribution < 1.29 is 9.53 Å². The van der Waals surface area contributed by atoms with Gasteiger partial charge in [0.05, 0.1) is 6.61 Å². The fourth-order valence-electron chi connectivity index (χ4n) is 3.79. The minimum atomic E-state index is 0.0653. The standard InChI is InChI=1S/C18H29N7O2/c1-4-15(5-2)24(12-13-27-3)18(26)14-8-10-23(11-9-14)17-7-6-16-19-21-22-25(16)20-17/h6-7,14-15H,4-5,8-13H2,1-3H3. The van der Waals surface area contributed by atoms with Gasteiger partial charge in [-0.05, 0) is 48.2 Å². The zero-order valence-corrected chi connectivity index (χ0v) is 16.4. The van der Waals surface area contributed by atoms with Crippen molar-refractivity contribution in [2.24, 2.45) is 5.92 Å². The van der Waals surface area contributed by atoms with Crippen LogP contribution >= 0.6 is 0 Å². The van der Waals surface area contributed by atoms with E-state index in [0.717, 1.165) is 44.6 Å². The summed E-state index contributed by atoms with van der Waals surface area (Å²) in [6.45, 7) is 7.14. The Labute approximate surface area is 159 Å². The Morgan fingerprint density at radius 3 is 2.70 bits per heavy atom. The lowest BCUT2D eigenvalue weighted by Gasteiger charge is -2.37. The Bertz CT molecular complexity index is 738. The summed E-state index contributed by atoms with van der Waals surface area (Å²) in [4.78, 5) is 17.4. The number of amides is 1. The van der Waals surface area contributed by atoms with Gasteiger partial charge in [0.2, 0.25) is 5.91 Å². The lowest BCUT2D eigenvalue weighted by Crippen LogP contribution is -2.47. The Balaban J connectivity index is 1.63. The molecule has 0 N–H and O–H groups in total. The molecule has 1 aliphatic heterocycles. The molecule has 2 aromatic rings. The lowest BCUT2D eigenvalue weighted by atomic mass is 9.94. The van der Waals surface area contributed by atoms with Crippen molar-refractivity contribution in [3.63, 3.8) is 0 Å². The van der Waals surface area contributed by atoms with Crippen LogP contribution in [0.4, 0.5) is 5.82 Å². The molecule has 0 spiro atoms. The van der Waals surface area contributed by atoms with Crippen molar-refractivity contribution in [1.29, 1.82) is 0 Å². The van der Waals surface area contributed by atoms with E-state index in [1.165, 1.54) is 4.63 Å². The Kier molecular flexibility index (Phi) is 6.54. The van der Waals surface area contributed by atoms with Crippen LogP contribution in [0.2, 0.25) is 0 Å². The summed E-state index contributed by atoms with van der Waals surface area (Å²) >= 11 is 0. The maximum absolute atomic E-state index is 13.2. The van der Waals surface area contributed by atoms with E-state index in [9.17, 15) is 4.79 Å². The largest absolute Gasteiger partial charge is 0.383 e. The molecule has 1 aliphatic rings. The average Bonchev–Trinajstić information content (AvgIpc) is 3.18. The number of tetrazole rings is 1. The molecule has 0 saturated carbocycles. The minimum Gasteiger partial charge on any atom is -0.383 e. The highest BCUT2D eigenvalue weighted by Crippen LogP contribution is 2.25. The second-order valence-electron chi connectivity index (χ2n) is 6.97. The maximum atomic E-state index is 13.2. The third-order valence-corrected chi connectivity index (χ3v) is 5.43. The van der Waals surface area contributed by atoms with Crippen LogP contribution in [0.5, 0.6) is 0 Å². The van der Waals surface area contributed by atoms with Crippen molar-refractivity contribution in [1.82, 2.24) is 30.2 Å². The smallest absolute Gasteiger partial charge is 0.226 e. The number of piperidine rings is 1. The van der Waals surface area contributed by atoms with Gasteiger partial charge in [-0.25, -0.2) is 0 Å². The molecule has 0 aliphatic carbocycles. The summed E-state index contributed by atoms with van der Waals surface area (Å²) in [6.07, 6.45) is 3.61. The molecule has 27 heavy (non-hydrogen) atoms. The fraction of sp³-hybridized carbons (Fsp3) is 0.722. The average molecular weight is 375 g/mol. The van der Waals surface area contributed by atoms with Crippen molar-refractivity contribution in [2.75, 3.05) is 38.3 Å². The predicted molar refractivity (Wildman–Crippen MR) is 101 cm³/mol. The zero-order chi connectivity index (χ0) is 19.2. The molecule has 3 rings (SSSR count). The number of ether oxygens (including phenoxy) is 1. The molecule has 0 aromatic carbocycles. The number of aromatic nitrogens is 5. The molecule has 1 fully saturated rings. The van der Waals surface area contributed by atoms with Crippen LogP contribution in [0.15, 0.2) is 12.1 Å². The normalized spacial score (nSPS) is 15.6. The molecular formula is C18H29N7O2. The van der Waals surface area contributed by atoms with Crippen LogP contribution in [0.1, 0.15) is 39.5 Å². The zero-order valence-electron chi connectivity index (χ0n) is 16.4. The van der Waals surface area contributed by atoms with E-state index < -0.39 is 0 Å². The van der Waals surface area contributed by atoms with Crippen molar-refractivity contribution in [3.05, 3.63) is 12.1 Å². The van der Waals surface area contributed by atoms with Gasteiger partial charge in [-0.15, -0.1) is 14.8 Å². The third-order valence-electron chi connectivity index (χ3n) is 5.43. The first-order valence-corrected chi connectivity index (χ1v) is 9.77. The maximum Gasteiger partial charge on any atom is 0.226 e. The number of anilines is 1. The van der Waals surface area contributed by atoms with Gasteiger partial charge < -0.3 is 14.5 Å². The first kappa shape index (κ1) is 19.5. The highest BCUT2D eigenvalue weighted by molar-refractivity contribution is 5.79. The number of hydrogen-bond acceptors (Lipinski definition) is 7. The first-order valence-electron chi connectivity index (χ1n) is 9.77. The van der Waals surface area contributed by atoms with Crippen LogP contribution in [-0.4, -0.2) is 75.5 Å². The van der Waals surface area contributed by atoms with E-state index in [1.807, 2.05) is 17.0 Å². The highest BCUT2D eigenvalue weighted by Gasteiger charge is 2.31. The quantitative estimate of drug-likeness (QED) is 0.689. The number of carbonyl (C=O) groups is 1. The van der Waals surface area contributed by atoms with E-state index in [-0.39, 0.29) is 17.9 Å². The van der Waals surface area contributed by atoms with E-state index in [1.54, 1.807) is 7.11 Å². The molecule has 9 nitrogen and oxygen atoms in total. The van der Waals surface area contributed by atoms with Gasteiger partial charge in [0, 0.05) is 38.7 Å². The van der Waals surface area contributed by atoms with Crippen LogP contribution in [0.25, 0.3) is 5.65 Å². The molecule has 0 atom stereocenters. The molecule has 2 aromatic heterocycles. The summed E-state index contributed by atoms with van der Waals surface area (Å²) in [7, 11) is 1.68. The number of rotatable bonds is 8. The number of nitrogens with zero attached hydrogens (tertiary/aromatic N) is 7. The predicted octanol–water partition coefficient (Wildman–Crippen LogP) is 1.40. The van der Waals surface area contributed by atoms with E-state index >= 15 is 0 Å². The summed E-state index contributed by atoms with van der Waals surface area (Å²) in [5.41, 5.74) is 0.628. The highest BCUT2D eigenvalue weighted by atomic mass is 16.5. The number of carbonyl (C=O) groups excluding carboxylic acids is 1. The first-order chi connectivity index (χ1) is 13.2. The van der Waals surface area contributed by atoms with Gasteiger partial charge in [-0.1, -0.05) is 13.8 Å². The second kappa shape index (κ2) is 9.07. The molecule has 1 amide bonds. The van der Waals surface area contributed by atoms with Crippen LogP contribution in [0, 0.1) is 5.92 Å². The van der Waals surface area contributed by atoms with E-state index in [2.05, 4.69) is 39.4 Å². The van der Waals surface area contributed by atoms with Crippen LogP contribution in [0.3, 0.4) is 0 Å². The lowest BCUT2D eigenvalue weighted by molar-refractivity contribution is -0.139. The van der Waals surface area contributed by atoms with Crippen molar-refractivity contribution in [2.45, 2.75) is 45.6 Å². The number of hydrogen-bond donors (Lipinski definition) is 0. The molecule has 9 heteroatoms. The van der Waals surface area contributed by atoms with Gasteiger partial charge in [0.25, 0.3) is 0 Å². The van der Waals surface area contributed by atoms with Gasteiger partial charge in [-0.2, -0.15) is 0 Å². The summed E-state index contributed by atoms with van der Waals surface area (Å²) < 4.78 is 6.66. The molecule has 1 saturated heterocycles. The van der Waals surface area contributed by atoms with Crippen LogP contribution in [-0.2, 0) is 9.53 Å². The van der Waals surface area contributed by atoms with Gasteiger partial charge in [-0.3, -0.25) is 4.79 Å². The summed E-state index contributed by atoms with van der Waals surface area (Å²) in [5.74, 6) is 1.18. The molecule has 0 radical (unpaired) electrons. The molecule has 148 valence electrons. The van der Waals surface area contributed by atoms with Gasteiger partial charge in [0.1, 0.15) is 0 Å². The second-order valence-corrected chi connectivity index (χ2v) is 6.97. The monoisotopic (exact) mass is 375 g/mol. The third kappa shape index (κ3) is 4.35.